The Hall–Kier alpha value is -1.95. The van der Waals surface area contributed by atoms with Crippen molar-refractivity contribution in [3.8, 4) is 11.5 Å². The molecule has 120 valence electrons. The highest BCUT2D eigenvalue weighted by Gasteiger charge is 2.24. The summed E-state index contributed by atoms with van der Waals surface area (Å²) < 4.78 is 17.0. The SMILES string of the molecule is CN(C[C@H]1COc2ccccc2O1)C(=O)NC[C@@H]1CCCO1. The molecule has 0 saturated carbocycles. The lowest BCUT2D eigenvalue weighted by molar-refractivity contribution is 0.0702. The van der Waals surface area contributed by atoms with E-state index in [1.807, 2.05) is 24.3 Å². The van der Waals surface area contributed by atoms with E-state index in [1.54, 1.807) is 11.9 Å². The fourth-order valence-electron chi connectivity index (χ4n) is 2.68. The van der Waals surface area contributed by atoms with Crippen LogP contribution in [0, 0.1) is 0 Å². The zero-order valence-electron chi connectivity index (χ0n) is 12.8. The number of para-hydroxylation sites is 2. The van der Waals surface area contributed by atoms with E-state index < -0.39 is 0 Å². The highest BCUT2D eigenvalue weighted by Crippen LogP contribution is 2.30. The van der Waals surface area contributed by atoms with Crippen LogP contribution in [-0.2, 0) is 4.74 Å². The molecule has 2 amide bonds. The number of rotatable bonds is 4. The summed E-state index contributed by atoms with van der Waals surface area (Å²) >= 11 is 0. The first kappa shape index (κ1) is 15.0. The number of carbonyl (C=O) groups is 1. The predicted molar refractivity (Wildman–Crippen MR) is 81.4 cm³/mol. The summed E-state index contributed by atoms with van der Waals surface area (Å²) in [4.78, 5) is 13.7. The fourth-order valence-corrected chi connectivity index (χ4v) is 2.68. The molecule has 0 radical (unpaired) electrons. The van der Waals surface area contributed by atoms with Crippen LogP contribution in [0.3, 0.4) is 0 Å². The van der Waals surface area contributed by atoms with Gasteiger partial charge in [-0.2, -0.15) is 0 Å². The molecular formula is C16H22N2O4. The molecule has 0 spiro atoms. The van der Waals surface area contributed by atoms with Gasteiger partial charge in [0.25, 0.3) is 0 Å². The number of hydrogen-bond acceptors (Lipinski definition) is 4. The van der Waals surface area contributed by atoms with Crippen LogP contribution in [0.2, 0.25) is 0 Å². The van der Waals surface area contributed by atoms with Crippen LogP contribution in [-0.4, -0.2) is 56.5 Å². The molecule has 6 heteroatoms. The molecule has 1 fully saturated rings. The molecule has 1 aromatic rings. The van der Waals surface area contributed by atoms with Gasteiger partial charge in [0.1, 0.15) is 6.61 Å². The Kier molecular flexibility index (Phi) is 4.68. The first-order valence-electron chi connectivity index (χ1n) is 7.71. The Bertz CT molecular complexity index is 517. The molecule has 2 atom stereocenters. The van der Waals surface area contributed by atoms with Crippen LogP contribution in [0.15, 0.2) is 24.3 Å². The van der Waals surface area contributed by atoms with Gasteiger partial charge < -0.3 is 24.4 Å². The van der Waals surface area contributed by atoms with Crippen LogP contribution >= 0.6 is 0 Å². The molecular weight excluding hydrogens is 284 g/mol. The molecule has 0 aliphatic carbocycles. The average Bonchev–Trinajstić information content (AvgIpc) is 3.06. The molecule has 2 heterocycles. The molecule has 0 bridgehead atoms. The number of hydrogen-bond donors (Lipinski definition) is 1. The van der Waals surface area contributed by atoms with Gasteiger partial charge in [-0.3, -0.25) is 0 Å². The van der Waals surface area contributed by atoms with Crippen LogP contribution in [0.25, 0.3) is 0 Å². The Morgan fingerprint density at radius 3 is 2.91 bits per heavy atom. The van der Waals surface area contributed by atoms with Crippen molar-refractivity contribution in [1.29, 1.82) is 0 Å². The molecule has 2 aliphatic rings. The lowest BCUT2D eigenvalue weighted by atomic mass is 10.2. The zero-order chi connectivity index (χ0) is 15.4. The Balaban J connectivity index is 1.45. The van der Waals surface area contributed by atoms with E-state index in [1.165, 1.54) is 0 Å². The molecule has 3 rings (SSSR count). The summed E-state index contributed by atoms with van der Waals surface area (Å²) in [6.45, 7) is 2.28. The van der Waals surface area contributed by atoms with Crippen LogP contribution in [0.1, 0.15) is 12.8 Å². The van der Waals surface area contributed by atoms with E-state index in [2.05, 4.69) is 5.32 Å². The average molecular weight is 306 g/mol. The van der Waals surface area contributed by atoms with Crippen molar-refractivity contribution in [3.63, 3.8) is 0 Å². The third-order valence-electron chi connectivity index (χ3n) is 3.90. The number of likely N-dealkylation sites (N-methyl/N-ethyl adjacent to an activating group) is 1. The topological polar surface area (TPSA) is 60.0 Å². The van der Waals surface area contributed by atoms with E-state index in [0.29, 0.717) is 19.7 Å². The largest absolute Gasteiger partial charge is 0.486 e. The van der Waals surface area contributed by atoms with E-state index in [9.17, 15) is 4.79 Å². The van der Waals surface area contributed by atoms with Crippen molar-refractivity contribution in [3.05, 3.63) is 24.3 Å². The molecule has 0 aromatic heterocycles. The summed E-state index contributed by atoms with van der Waals surface area (Å²) in [6.07, 6.45) is 2.08. The van der Waals surface area contributed by atoms with Crippen LogP contribution < -0.4 is 14.8 Å². The second-order valence-electron chi connectivity index (χ2n) is 5.70. The van der Waals surface area contributed by atoms with Gasteiger partial charge in [-0.1, -0.05) is 12.1 Å². The Morgan fingerprint density at radius 1 is 1.32 bits per heavy atom. The van der Waals surface area contributed by atoms with Gasteiger partial charge in [-0.25, -0.2) is 4.79 Å². The number of carbonyl (C=O) groups excluding carboxylic acids is 1. The third kappa shape index (κ3) is 3.62. The number of nitrogens with zero attached hydrogens (tertiary/aromatic N) is 1. The summed E-state index contributed by atoms with van der Waals surface area (Å²) in [5.41, 5.74) is 0. The van der Waals surface area contributed by atoms with Gasteiger partial charge in [0.05, 0.1) is 12.6 Å². The van der Waals surface area contributed by atoms with Crippen molar-refractivity contribution in [2.24, 2.45) is 0 Å². The van der Waals surface area contributed by atoms with Crippen LogP contribution in [0.4, 0.5) is 4.79 Å². The first-order valence-corrected chi connectivity index (χ1v) is 7.71. The number of ether oxygens (including phenoxy) is 3. The van der Waals surface area contributed by atoms with E-state index in [4.69, 9.17) is 14.2 Å². The molecule has 2 aliphatic heterocycles. The van der Waals surface area contributed by atoms with Gasteiger partial charge in [0, 0.05) is 20.2 Å². The van der Waals surface area contributed by atoms with Crippen LogP contribution in [0.5, 0.6) is 11.5 Å². The van der Waals surface area contributed by atoms with Gasteiger partial charge in [-0.05, 0) is 25.0 Å². The minimum atomic E-state index is -0.159. The summed E-state index contributed by atoms with van der Waals surface area (Å²) in [5, 5.41) is 2.90. The third-order valence-corrected chi connectivity index (χ3v) is 3.90. The van der Waals surface area contributed by atoms with Crippen molar-refractivity contribution in [2.75, 3.05) is 33.4 Å². The maximum atomic E-state index is 12.1. The van der Waals surface area contributed by atoms with E-state index in [0.717, 1.165) is 30.9 Å². The number of benzene rings is 1. The molecule has 1 aromatic carbocycles. The highest BCUT2D eigenvalue weighted by atomic mass is 16.6. The molecule has 0 unspecified atom stereocenters. The molecule has 6 nitrogen and oxygen atoms in total. The number of urea groups is 1. The Morgan fingerprint density at radius 2 is 2.14 bits per heavy atom. The van der Waals surface area contributed by atoms with E-state index >= 15 is 0 Å². The van der Waals surface area contributed by atoms with Crippen molar-refractivity contribution < 1.29 is 19.0 Å². The standard InChI is InChI=1S/C16H22N2O4/c1-18(16(19)17-9-12-5-4-8-20-12)10-13-11-21-14-6-2-3-7-15(14)22-13/h2-3,6-7,12-13H,4-5,8-11H2,1H3,(H,17,19)/t12-,13-/m0/s1. The maximum Gasteiger partial charge on any atom is 0.317 e. The highest BCUT2D eigenvalue weighted by molar-refractivity contribution is 5.73. The monoisotopic (exact) mass is 306 g/mol. The Labute approximate surface area is 130 Å². The minimum Gasteiger partial charge on any atom is -0.486 e. The quantitative estimate of drug-likeness (QED) is 0.919. The maximum absolute atomic E-state index is 12.1. The molecule has 1 saturated heterocycles. The second-order valence-corrected chi connectivity index (χ2v) is 5.70. The van der Waals surface area contributed by atoms with E-state index in [-0.39, 0.29) is 18.2 Å². The lowest BCUT2D eigenvalue weighted by Gasteiger charge is -2.29. The smallest absolute Gasteiger partial charge is 0.317 e. The zero-order valence-corrected chi connectivity index (χ0v) is 12.8. The summed E-state index contributed by atoms with van der Waals surface area (Å²) in [5.74, 6) is 1.48. The van der Waals surface area contributed by atoms with Crippen molar-refractivity contribution >= 4 is 6.03 Å². The summed E-state index contributed by atoms with van der Waals surface area (Å²) in [7, 11) is 1.76. The normalized spacial score (nSPS) is 23.1. The van der Waals surface area contributed by atoms with Crippen molar-refractivity contribution in [1.82, 2.24) is 10.2 Å². The lowest BCUT2D eigenvalue weighted by Crippen LogP contribution is -2.46. The summed E-state index contributed by atoms with van der Waals surface area (Å²) in [6, 6.07) is 7.45. The number of fused-ring (bicyclic) bond motifs is 1. The number of nitrogens with one attached hydrogen (secondary N) is 1. The van der Waals surface area contributed by atoms with Gasteiger partial charge in [0.15, 0.2) is 17.6 Å². The van der Waals surface area contributed by atoms with Crippen molar-refractivity contribution in [2.45, 2.75) is 25.0 Å². The minimum absolute atomic E-state index is 0.113. The number of amides is 2. The van der Waals surface area contributed by atoms with Gasteiger partial charge in [0.2, 0.25) is 0 Å². The predicted octanol–water partition coefficient (Wildman–Crippen LogP) is 1.65. The molecule has 1 N–H and O–H groups in total. The molecule has 22 heavy (non-hydrogen) atoms. The van der Waals surface area contributed by atoms with Gasteiger partial charge >= 0.3 is 6.03 Å². The second kappa shape index (κ2) is 6.87. The fraction of sp³-hybridized carbons (Fsp3) is 0.562. The first-order chi connectivity index (χ1) is 10.7. The van der Waals surface area contributed by atoms with Gasteiger partial charge in [-0.15, -0.1) is 0 Å².